The highest BCUT2D eigenvalue weighted by atomic mass is 32.2. The number of nitriles is 1. The second-order valence-electron chi connectivity index (χ2n) is 4.97. The van der Waals surface area contributed by atoms with E-state index in [1.165, 1.54) is 12.8 Å². The third-order valence-corrected chi connectivity index (χ3v) is 3.99. The van der Waals surface area contributed by atoms with Gasteiger partial charge in [0.25, 0.3) is 5.22 Å². The van der Waals surface area contributed by atoms with Crippen LogP contribution in [0.3, 0.4) is 0 Å². The highest BCUT2D eigenvalue weighted by Crippen LogP contribution is 2.25. The Morgan fingerprint density at radius 3 is 3.06 bits per heavy atom. The zero-order valence-electron chi connectivity index (χ0n) is 10.7. The Bertz CT molecular complexity index is 397. The highest BCUT2D eigenvalue weighted by molar-refractivity contribution is 7.99. The molecule has 1 N–H and O–H groups in total. The molecule has 1 aliphatic carbocycles. The molecule has 0 spiro atoms. The second-order valence-corrected chi connectivity index (χ2v) is 6.01. The normalized spacial score (nSPS) is 18.2. The quantitative estimate of drug-likeness (QED) is 0.578. The van der Waals surface area contributed by atoms with E-state index in [0.29, 0.717) is 6.04 Å². The molecule has 0 radical (unpaired) electrons. The summed E-state index contributed by atoms with van der Waals surface area (Å²) in [7, 11) is 0. The smallest absolute Gasteiger partial charge is 0.255 e. The Kier molecular flexibility index (Phi) is 4.67. The van der Waals surface area contributed by atoms with Crippen molar-refractivity contribution in [1.29, 1.82) is 5.26 Å². The van der Waals surface area contributed by atoms with E-state index in [1.54, 1.807) is 24.2 Å². The number of hydrogen-bond acceptors (Lipinski definition) is 5. The van der Waals surface area contributed by atoms with Crippen LogP contribution in [0.15, 0.2) is 22.1 Å². The van der Waals surface area contributed by atoms with Gasteiger partial charge in [-0.05, 0) is 39.0 Å². The van der Waals surface area contributed by atoms with Crippen molar-refractivity contribution in [3.63, 3.8) is 0 Å². The molecule has 1 aliphatic rings. The van der Waals surface area contributed by atoms with E-state index in [2.05, 4.69) is 16.4 Å². The lowest BCUT2D eigenvalue weighted by Crippen LogP contribution is -2.42. The SMILES string of the molecule is CC(C#N)(CCCCSc1ncco1)NC1CC1. The topological polar surface area (TPSA) is 61.9 Å². The Labute approximate surface area is 112 Å². The zero-order chi connectivity index (χ0) is 12.8. The van der Waals surface area contributed by atoms with Crippen molar-refractivity contribution in [3.05, 3.63) is 12.5 Å². The summed E-state index contributed by atoms with van der Waals surface area (Å²) < 4.78 is 5.15. The van der Waals surface area contributed by atoms with Crippen LogP contribution < -0.4 is 5.32 Å². The lowest BCUT2D eigenvalue weighted by Gasteiger charge is -2.23. The fourth-order valence-electron chi connectivity index (χ4n) is 1.86. The standard InChI is InChI=1S/C13H19N3OS/c1-13(10-14,16-11-4-5-11)6-2-3-9-18-12-15-7-8-17-12/h7-8,11,16H,2-6,9H2,1H3. The molecule has 4 nitrogen and oxygen atoms in total. The molecule has 0 saturated heterocycles. The molecule has 1 aromatic heterocycles. The molecule has 18 heavy (non-hydrogen) atoms. The first kappa shape index (κ1) is 13.4. The molecule has 0 amide bonds. The Morgan fingerprint density at radius 1 is 1.61 bits per heavy atom. The number of aromatic nitrogens is 1. The van der Waals surface area contributed by atoms with Crippen molar-refractivity contribution < 1.29 is 4.42 Å². The fourth-order valence-corrected chi connectivity index (χ4v) is 2.64. The minimum absolute atomic E-state index is 0.352. The summed E-state index contributed by atoms with van der Waals surface area (Å²) in [6.45, 7) is 2.01. The molecule has 1 fully saturated rings. The molecule has 0 aliphatic heterocycles. The van der Waals surface area contributed by atoms with Crippen LogP contribution in [0.2, 0.25) is 0 Å². The summed E-state index contributed by atoms with van der Waals surface area (Å²) >= 11 is 1.63. The van der Waals surface area contributed by atoms with Gasteiger partial charge in [-0.2, -0.15) is 5.26 Å². The van der Waals surface area contributed by atoms with E-state index >= 15 is 0 Å². The van der Waals surface area contributed by atoms with Crippen molar-refractivity contribution >= 4 is 11.8 Å². The number of nitrogens with one attached hydrogen (secondary N) is 1. The van der Waals surface area contributed by atoms with Gasteiger partial charge in [0.2, 0.25) is 0 Å². The van der Waals surface area contributed by atoms with Gasteiger partial charge < -0.3 is 4.42 Å². The van der Waals surface area contributed by atoms with Crippen molar-refractivity contribution in [3.8, 4) is 6.07 Å². The number of nitrogens with zero attached hydrogens (tertiary/aromatic N) is 2. The minimum atomic E-state index is -0.352. The minimum Gasteiger partial charge on any atom is -0.440 e. The van der Waals surface area contributed by atoms with E-state index in [1.807, 2.05) is 6.92 Å². The van der Waals surface area contributed by atoms with Gasteiger partial charge in [-0.15, -0.1) is 0 Å². The average molecular weight is 265 g/mol. The maximum absolute atomic E-state index is 9.23. The van der Waals surface area contributed by atoms with Crippen LogP contribution in [0, 0.1) is 11.3 Å². The summed E-state index contributed by atoms with van der Waals surface area (Å²) in [5, 5.41) is 13.4. The zero-order valence-corrected chi connectivity index (χ0v) is 11.5. The number of hydrogen-bond donors (Lipinski definition) is 1. The molecule has 1 atom stereocenters. The molecule has 0 bridgehead atoms. The summed E-state index contributed by atoms with van der Waals surface area (Å²) in [6, 6.07) is 2.99. The van der Waals surface area contributed by atoms with Crippen molar-refractivity contribution in [1.82, 2.24) is 10.3 Å². The molecular weight excluding hydrogens is 246 g/mol. The van der Waals surface area contributed by atoms with Crippen LogP contribution in [0.4, 0.5) is 0 Å². The van der Waals surface area contributed by atoms with E-state index < -0.39 is 0 Å². The Hall–Kier alpha value is -0.990. The van der Waals surface area contributed by atoms with Crippen molar-refractivity contribution in [2.24, 2.45) is 0 Å². The number of thioether (sulfide) groups is 1. The third-order valence-electron chi connectivity index (χ3n) is 3.05. The van der Waals surface area contributed by atoms with Gasteiger partial charge in [0.1, 0.15) is 11.8 Å². The van der Waals surface area contributed by atoms with Gasteiger partial charge in [0, 0.05) is 11.8 Å². The molecular formula is C13H19N3OS. The highest BCUT2D eigenvalue weighted by Gasteiger charge is 2.31. The molecule has 1 saturated carbocycles. The lowest BCUT2D eigenvalue weighted by atomic mass is 9.96. The van der Waals surface area contributed by atoms with Crippen LogP contribution in [0.25, 0.3) is 0 Å². The van der Waals surface area contributed by atoms with Crippen LogP contribution >= 0.6 is 11.8 Å². The van der Waals surface area contributed by atoms with Gasteiger partial charge in [-0.25, -0.2) is 4.98 Å². The van der Waals surface area contributed by atoms with Crippen LogP contribution in [-0.4, -0.2) is 22.3 Å². The molecule has 0 aromatic carbocycles. The summed E-state index contributed by atoms with van der Waals surface area (Å²) in [5.41, 5.74) is -0.352. The van der Waals surface area contributed by atoms with Gasteiger partial charge in [-0.3, -0.25) is 5.32 Å². The van der Waals surface area contributed by atoms with E-state index in [4.69, 9.17) is 4.42 Å². The molecule has 1 heterocycles. The first-order valence-electron chi connectivity index (χ1n) is 6.43. The fraction of sp³-hybridized carbons (Fsp3) is 0.692. The molecule has 5 heteroatoms. The maximum atomic E-state index is 9.23. The lowest BCUT2D eigenvalue weighted by molar-refractivity contribution is 0.402. The summed E-state index contributed by atoms with van der Waals surface area (Å²) in [5.74, 6) is 0.992. The first-order valence-corrected chi connectivity index (χ1v) is 7.42. The van der Waals surface area contributed by atoms with E-state index in [0.717, 1.165) is 30.2 Å². The number of rotatable bonds is 8. The Morgan fingerprint density at radius 2 is 2.44 bits per heavy atom. The van der Waals surface area contributed by atoms with Gasteiger partial charge in [-0.1, -0.05) is 11.8 Å². The van der Waals surface area contributed by atoms with Gasteiger partial charge >= 0.3 is 0 Å². The summed E-state index contributed by atoms with van der Waals surface area (Å²) in [6.07, 6.45) is 8.73. The summed E-state index contributed by atoms with van der Waals surface area (Å²) in [4.78, 5) is 4.06. The predicted molar refractivity (Wildman–Crippen MR) is 71.3 cm³/mol. The van der Waals surface area contributed by atoms with Crippen molar-refractivity contribution in [2.45, 2.75) is 55.8 Å². The van der Waals surface area contributed by atoms with Crippen LogP contribution in [-0.2, 0) is 0 Å². The maximum Gasteiger partial charge on any atom is 0.255 e. The molecule has 1 unspecified atom stereocenters. The average Bonchev–Trinajstić information content (AvgIpc) is 3.01. The molecule has 98 valence electrons. The number of oxazole rings is 1. The Balaban J connectivity index is 1.60. The third kappa shape index (κ3) is 4.35. The van der Waals surface area contributed by atoms with Gasteiger partial charge in [0.15, 0.2) is 0 Å². The molecule has 2 rings (SSSR count). The molecule has 1 aromatic rings. The van der Waals surface area contributed by atoms with Crippen molar-refractivity contribution in [2.75, 3.05) is 5.75 Å². The predicted octanol–water partition coefficient (Wildman–Crippen LogP) is 2.97. The van der Waals surface area contributed by atoms with Crippen LogP contribution in [0.5, 0.6) is 0 Å². The monoisotopic (exact) mass is 265 g/mol. The van der Waals surface area contributed by atoms with Gasteiger partial charge in [0.05, 0.1) is 12.3 Å². The largest absolute Gasteiger partial charge is 0.440 e. The first-order chi connectivity index (χ1) is 8.72. The van der Waals surface area contributed by atoms with E-state index in [-0.39, 0.29) is 5.54 Å². The second kappa shape index (κ2) is 6.26. The van der Waals surface area contributed by atoms with Crippen LogP contribution in [0.1, 0.15) is 39.0 Å². The number of unbranched alkanes of at least 4 members (excludes halogenated alkanes) is 1. The van der Waals surface area contributed by atoms with E-state index in [9.17, 15) is 5.26 Å².